The van der Waals surface area contributed by atoms with Gasteiger partial charge in [-0.25, -0.2) is 4.79 Å². The zero-order valence-corrected chi connectivity index (χ0v) is 14.9. The number of aromatic hydroxyl groups is 1. The Morgan fingerprint density at radius 1 is 1.39 bits per heavy atom. The van der Waals surface area contributed by atoms with Crippen LogP contribution in [0.25, 0.3) is 0 Å². The molecular formula is C18H30N2O3. The van der Waals surface area contributed by atoms with E-state index in [1.165, 1.54) is 0 Å². The number of benzene rings is 1. The standard InChI is InChI=1S/C18H30N2O3/c1-6-20(17(22)23-18(3,4)5)12-8-11-19-14(2)15-9-7-10-16(21)13-15/h7,9-10,13-14,19,21H,6,8,11-12H2,1-5H3. The van der Waals surface area contributed by atoms with Crippen LogP contribution in [0.15, 0.2) is 24.3 Å². The Balaban J connectivity index is 2.36. The molecule has 1 rings (SSSR count). The fourth-order valence-corrected chi connectivity index (χ4v) is 2.21. The number of carbonyl (C=O) groups is 1. The molecule has 0 saturated heterocycles. The van der Waals surface area contributed by atoms with Crippen molar-refractivity contribution in [3.05, 3.63) is 29.8 Å². The van der Waals surface area contributed by atoms with Crippen LogP contribution in [0.1, 0.15) is 52.6 Å². The van der Waals surface area contributed by atoms with Crippen LogP contribution in [0.4, 0.5) is 4.79 Å². The summed E-state index contributed by atoms with van der Waals surface area (Å²) in [5, 5.41) is 12.9. The molecule has 1 atom stereocenters. The molecule has 0 spiro atoms. The van der Waals surface area contributed by atoms with E-state index in [1.807, 2.05) is 39.8 Å². The fourth-order valence-electron chi connectivity index (χ4n) is 2.21. The zero-order valence-electron chi connectivity index (χ0n) is 14.9. The van der Waals surface area contributed by atoms with Crippen LogP contribution in [0.2, 0.25) is 0 Å². The Kier molecular flexibility index (Phi) is 7.36. The van der Waals surface area contributed by atoms with E-state index in [-0.39, 0.29) is 17.9 Å². The van der Waals surface area contributed by atoms with Gasteiger partial charge in [0, 0.05) is 19.1 Å². The summed E-state index contributed by atoms with van der Waals surface area (Å²) in [7, 11) is 0. The average molecular weight is 322 g/mol. The number of ether oxygens (including phenoxy) is 1. The maximum atomic E-state index is 12.0. The van der Waals surface area contributed by atoms with Gasteiger partial charge in [-0.3, -0.25) is 0 Å². The lowest BCUT2D eigenvalue weighted by atomic mass is 10.1. The highest BCUT2D eigenvalue weighted by atomic mass is 16.6. The maximum absolute atomic E-state index is 12.0. The zero-order chi connectivity index (χ0) is 17.5. The van der Waals surface area contributed by atoms with E-state index in [0.29, 0.717) is 13.1 Å². The summed E-state index contributed by atoms with van der Waals surface area (Å²) in [5.41, 5.74) is 0.580. The van der Waals surface area contributed by atoms with Crippen LogP contribution < -0.4 is 5.32 Å². The summed E-state index contributed by atoms with van der Waals surface area (Å²) in [5.74, 6) is 0.276. The van der Waals surface area contributed by atoms with Crippen molar-refractivity contribution in [2.45, 2.75) is 52.7 Å². The van der Waals surface area contributed by atoms with Crippen molar-refractivity contribution in [3.8, 4) is 5.75 Å². The first-order valence-electron chi connectivity index (χ1n) is 8.23. The van der Waals surface area contributed by atoms with Gasteiger partial charge < -0.3 is 20.1 Å². The Hall–Kier alpha value is -1.75. The average Bonchev–Trinajstić information content (AvgIpc) is 2.45. The molecule has 1 aromatic rings. The van der Waals surface area contributed by atoms with E-state index in [4.69, 9.17) is 4.74 Å². The van der Waals surface area contributed by atoms with E-state index < -0.39 is 5.60 Å². The monoisotopic (exact) mass is 322 g/mol. The molecule has 0 bridgehead atoms. The van der Waals surface area contributed by atoms with Gasteiger partial charge >= 0.3 is 6.09 Å². The van der Waals surface area contributed by atoms with Gasteiger partial charge in [0.25, 0.3) is 0 Å². The minimum atomic E-state index is -0.466. The molecule has 0 fully saturated rings. The van der Waals surface area contributed by atoms with E-state index in [0.717, 1.165) is 18.5 Å². The highest BCUT2D eigenvalue weighted by Gasteiger charge is 2.20. The van der Waals surface area contributed by atoms with Crippen molar-refractivity contribution >= 4 is 6.09 Å². The molecule has 0 saturated carbocycles. The number of carbonyl (C=O) groups excluding carboxylic acids is 1. The van der Waals surface area contributed by atoms with E-state index in [1.54, 1.807) is 17.0 Å². The summed E-state index contributed by atoms with van der Waals surface area (Å²) in [4.78, 5) is 13.7. The Bertz CT molecular complexity index is 497. The number of hydrogen-bond donors (Lipinski definition) is 2. The summed E-state index contributed by atoms with van der Waals surface area (Å²) in [6.07, 6.45) is 0.581. The lowest BCUT2D eigenvalue weighted by Gasteiger charge is -2.26. The van der Waals surface area contributed by atoms with Crippen LogP contribution in [-0.4, -0.2) is 41.3 Å². The van der Waals surface area contributed by atoms with Crippen molar-refractivity contribution < 1.29 is 14.6 Å². The summed E-state index contributed by atoms with van der Waals surface area (Å²) >= 11 is 0. The predicted molar refractivity (Wildman–Crippen MR) is 92.6 cm³/mol. The topological polar surface area (TPSA) is 61.8 Å². The van der Waals surface area contributed by atoms with Crippen LogP contribution >= 0.6 is 0 Å². The second-order valence-electron chi connectivity index (χ2n) is 6.68. The van der Waals surface area contributed by atoms with E-state index in [2.05, 4.69) is 12.2 Å². The molecular weight excluding hydrogens is 292 g/mol. The number of amides is 1. The smallest absolute Gasteiger partial charge is 0.410 e. The first-order chi connectivity index (χ1) is 10.7. The van der Waals surface area contributed by atoms with Gasteiger partial charge in [0.15, 0.2) is 0 Å². The van der Waals surface area contributed by atoms with E-state index in [9.17, 15) is 9.90 Å². The second-order valence-corrected chi connectivity index (χ2v) is 6.68. The van der Waals surface area contributed by atoms with Gasteiger partial charge in [0.1, 0.15) is 11.4 Å². The number of rotatable bonds is 7. The van der Waals surface area contributed by atoms with Gasteiger partial charge in [-0.15, -0.1) is 0 Å². The van der Waals surface area contributed by atoms with Crippen molar-refractivity contribution in [2.24, 2.45) is 0 Å². The number of phenolic OH excluding ortho intramolecular Hbond substituents is 1. The number of phenols is 1. The van der Waals surface area contributed by atoms with Crippen LogP contribution in [0, 0.1) is 0 Å². The van der Waals surface area contributed by atoms with Gasteiger partial charge in [-0.2, -0.15) is 0 Å². The molecule has 0 aromatic heterocycles. The lowest BCUT2D eigenvalue weighted by Crippen LogP contribution is -2.38. The Labute approximate surface area is 139 Å². The van der Waals surface area contributed by atoms with Crippen molar-refractivity contribution in [1.29, 1.82) is 0 Å². The molecule has 2 N–H and O–H groups in total. The predicted octanol–water partition coefficient (Wildman–Crippen LogP) is 3.69. The number of hydrogen-bond acceptors (Lipinski definition) is 4. The molecule has 1 amide bonds. The van der Waals surface area contributed by atoms with Crippen LogP contribution in [0.3, 0.4) is 0 Å². The number of nitrogens with one attached hydrogen (secondary N) is 1. The number of nitrogens with zero attached hydrogens (tertiary/aromatic N) is 1. The first-order valence-corrected chi connectivity index (χ1v) is 8.23. The van der Waals surface area contributed by atoms with Crippen molar-refractivity contribution in [1.82, 2.24) is 10.2 Å². The third-order valence-electron chi connectivity index (χ3n) is 3.46. The molecule has 23 heavy (non-hydrogen) atoms. The molecule has 1 aromatic carbocycles. The maximum Gasteiger partial charge on any atom is 0.410 e. The molecule has 130 valence electrons. The quantitative estimate of drug-likeness (QED) is 0.752. The minimum Gasteiger partial charge on any atom is -0.508 e. The van der Waals surface area contributed by atoms with Gasteiger partial charge in [-0.1, -0.05) is 12.1 Å². The van der Waals surface area contributed by atoms with Crippen molar-refractivity contribution in [2.75, 3.05) is 19.6 Å². The third kappa shape index (κ3) is 7.37. The lowest BCUT2D eigenvalue weighted by molar-refractivity contribution is 0.0258. The Morgan fingerprint density at radius 3 is 2.65 bits per heavy atom. The normalized spacial score (nSPS) is 12.7. The summed E-state index contributed by atoms with van der Waals surface area (Å²) in [6, 6.07) is 7.40. The van der Waals surface area contributed by atoms with Crippen LogP contribution in [0.5, 0.6) is 5.75 Å². The van der Waals surface area contributed by atoms with Crippen molar-refractivity contribution in [3.63, 3.8) is 0 Å². The molecule has 0 radical (unpaired) electrons. The molecule has 0 aliphatic carbocycles. The van der Waals surface area contributed by atoms with Gasteiger partial charge in [0.2, 0.25) is 0 Å². The molecule has 0 heterocycles. The highest BCUT2D eigenvalue weighted by molar-refractivity contribution is 5.68. The summed E-state index contributed by atoms with van der Waals surface area (Å²) < 4.78 is 5.39. The molecule has 5 nitrogen and oxygen atoms in total. The largest absolute Gasteiger partial charge is 0.508 e. The second kappa shape index (κ2) is 8.77. The van der Waals surface area contributed by atoms with Gasteiger partial charge in [-0.05, 0) is 65.3 Å². The fraction of sp³-hybridized carbons (Fsp3) is 0.611. The van der Waals surface area contributed by atoms with Crippen LogP contribution in [-0.2, 0) is 4.74 Å². The SMILES string of the molecule is CCN(CCCNC(C)c1cccc(O)c1)C(=O)OC(C)(C)C. The first kappa shape index (κ1) is 19.3. The molecule has 1 unspecified atom stereocenters. The highest BCUT2D eigenvalue weighted by Crippen LogP contribution is 2.17. The third-order valence-corrected chi connectivity index (χ3v) is 3.46. The van der Waals surface area contributed by atoms with E-state index >= 15 is 0 Å². The molecule has 0 aliphatic rings. The summed E-state index contributed by atoms with van der Waals surface area (Å²) in [6.45, 7) is 11.7. The molecule has 5 heteroatoms. The molecule has 0 aliphatic heterocycles. The minimum absolute atomic E-state index is 0.152. The van der Waals surface area contributed by atoms with Gasteiger partial charge in [0.05, 0.1) is 0 Å². The Morgan fingerprint density at radius 2 is 2.09 bits per heavy atom.